The van der Waals surface area contributed by atoms with E-state index in [4.69, 9.17) is 11.6 Å². The molecule has 3 aromatic carbocycles. The van der Waals surface area contributed by atoms with Crippen molar-refractivity contribution in [3.63, 3.8) is 0 Å². The van der Waals surface area contributed by atoms with E-state index in [9.17, 15) is 24.3 Å². The molecule has 0 radical (unpaired) electrons. The summed E-state index contributed by atoms with van der Waals surface area (Å²) in [6, 6.07) is 19.6. The number of carbonyl (C=O) groups excluding carboxylic acids is 3. The fourth-order valence-corrected chi connectivity index (χ4v) is 5.64. The highest BCUT2D eigenvalue weighted by Crippen LogP contribution is 2.40. The number of nitrogens with one attached hydrogen (secondary N) is 1. The third-order valence-electron chi connectivity index (χ3n) is 7.23. The maximum Gasteiger partial charge on any atom is 0.326 e. The second-order valence-electron chi connectivity index (χ2n) is 10.7. The van der Waals surface area contributed by atoms with Gasteiger partial charge in [-0.05, 0) is 54.2 Å². The van der Waals surface area contributed by atoms with Gasteiger partial charge in [-0.2, -0.15) is 0 Å². The van der Waals surface area contributed by atoms with Gasteiger partial charge in [-0.15, -0.1) is 0 Å². The molecule has 8 nitrogen and oxygen atoms in total. The zero-order valence-corrected chi connectivity index (χ0v) is 24.3. The molecule has 3 amide bonds. The summed E-state index contributed by atoms with van der Waals surface area (Å²) >= 11 is 6.20. The van der Waals surface area contributed by atoms with Crippen molar-refractivity contribution in [2.24, 2.45) is 5.92 Å². The predicted octanol–water partition coefficient (Wildman–Crippen LogP) is 5.38. The lowest BCUT2D eigenvalue weighted by molar-refractivity contribution is -0.139. The quantitative estimate of drug-likeness (QED) is 0.356. The van der Waals surface area contributed by atoms with Gasteiger partial charge < -0.3 is 15.3 Å². The number of nitrogens with zero attached hydrogens (tertiary/aromatic N) is 2. The Balaban J connectivity index is 1.61. The van der Waals surface area contributed by atoms with Gasteiger partial charge in [0.2, 0.25) is 5.91 Å². The summed E-state index contributed by atoms with van der Waals surface area (Å²) in [6.07, 6.45) is -0.0572. The smallest absolute Gasteiger partial charge is 0.326 e. The van der Waals surface area contributed by atoms with Crippen molar-refractivity contribution >= 4 is 41.0 Å². The van der Waals surface area contributed by atoms with Crippen molar-refractivity contribution in [2.45, 2.75) is 58.8 Å². The normalized spacial score (nSPS) is 17.6. The van der Waals surface area contributed by atoms with E-state index in [2.05, 4.69) is 5.32 Å². The van der Waals surface area contributed by atoms with Crippen molar-refractivity contribution in [2.75, 3.05) is 4.90 Å². The summed E-state index contributed by atoms with van der Waals surface area (Å²) in [7, 11) is 0. The molecule has 41 heavy (non-hydrogen) atoms. The molecular formula is C32H34ClN3O5. The molecule has 4 rings (SSSR count). The molecule has 1 aliphatic rings. The maximum absolute atomic E-state index is 13.8. The molecular weight excluding hydrogens is 542 g/mol. The van der Waals surface area contributed by atoms with Crippen LogP contribution < -0.4 is 10.2 Å². The van der Waals surface area contributed by atoms with E-state index < -0.39 is 30.1 Å². The molecule has 3 aromatic rings. The Morgan fingerprint density at radius 3 is 2.20 bits per heavy atom. The van der Waals surface area contributed by atoms with Gasteiger partial charge in [0.05, 0.1) is 10.6 Å². The fraction of sp³-hybridized carbons (Fsp3) is 0.312. The summed E-state index contributed by atoms with van der Waals surface area (Å²) in [5.41, 5.74) is 2.94. The van der Waals surface area contributed by atoms with Gasteiger partial charge in [0, 0.05) is 19.0 Å². The molecule has 0 aliphatic carbocycles. The first kappa shape index (κ1) is 29.8. The number of carbonyl (C=O) groups is 4. The van der Waals surface area contributed by atoms with Crippen molar-refractivity contribution in [3.8, 4) is 0 Å². The Labute approximate surface area is 244 Å². The van der Waals surface area contributed by atoms with Crippen LogP contribution in [0.25, 0.3) is 0 Å². The molecule has 0 aromatic heterocycles. The molecule has 3 atom stereocenters. The molecule has 0 bridgehead atoms. The molecule has 1 aliphatic heterocycles. The van der Waals surface area contributed by atoms with E-state index in [1.165, 1.54) is 6.92 Å². The van der Waals surface area contributed by atoms with Crippen molar-refractivity contribution in [1.82, 2.24) is 10.2 Å². The molecule has 9 heteroatoms. The van der Waals surface area contributed by atoms with Gasteiger partial charge >= 0.3 is 5.97 Å². The average molecular weight is 576 g/mol. The molecule has 1 heterocycles. The lowest BCUT2D eigenvalue weighted by Crippen LogP contribution is -2.42. The highest BCUT2D eigenvalue weighted by atomic mass is 35.5. The number of aryl methyl sites for hydroxylation is 1. The van der Waals surface area contributed by atoms with Crippen LogP contribution >= 0.6 is 11.6 Å². The number of amides is 3. The van der Waals surface area contributed by atoms with Crippen molar-refractivity contribution in [3.05, 3.63) is 100 Å². The number of hydrogen-bond donors (Lipinski definition) is 2. The number of carboxylic acids is 1. The van der Waals surface area contributed by atoms with Crippen molar-refractivity contribution in [1.29, 1.82) is 0 Å². The van der Waals surface area contributed by atoms with Gasteiger partial charge in [0.15, 0.2) is 0 Å². The van der Waals surface area contributed by atoms with Crippen LogP contribution in [0.1, 0.15) is 60.4 Å². The van der Waals surface area contributed by atoms with E-state index in [0.29, 0.717) is 23.2 Å². The third-order valence-corrected chi connectivity index (χ3v) is 7.54. The van der Waals surface area contributed by atoms with Gasteiger partial charge in [0.1, 0.15) is 18.2 Å². The number of rotatable bonds is 9. The number of halogens is 1. The molecule has 1 fully saturated rings. The Morgan fingerprint density at radius 1 is 0.976 bits per heavy atom. The topological polar surface area (TPSA) is 107 Å². The highest BCUT2D eigenvalue weighted by molar-refractivity contribution is 6.34. The molecule has 0 spiro atoms. The molecule has 0 saturated carbocycles. The number of aliphatic carboxylic acids is 1. The second kappa shape index (κ2) is 12.6. The van der Waals surface area contributed by atoms with Crippen LogP contribution in [0.15, 0.2) is 72.8 Å². The second-order valence-corrected chi connectivity index (χ2v) is 11.1. The first-order valence-corrected chi connectivity index (χ1v) is 13.9. The maximum atomic E-state index is 13.8. The molecule has 1 saturated heterocycles. The lowest BCUT2D eigenvalue weighted by Gasteiger charge is -2.31. The highest BCUT2D eigenvalue weighted by Gasteiger charge is 2.48. The minimum absolute atomic E-state index is 0.0243. The zero-order chi connectivity index (χ0) is 29.8. The van der Waals surface area contributed by atoms with Crippen LogP contribution in [-0.4, -0.2) is 45.8 Å². The van der Waals surface area contributed by atoms with Gasteiger partial charge in [-0.3, -0.25) is 19.3 Å². The van der Waals surface area contributed by atoms with Gasteiger partial charge in [-0.25, -0.2) is 4.79 Å². The van der Waals surface area contributed by atoms with Crippen LogP contribution in [0.2, 0.25) is 5.02 Å². The minimum atomic E-state index is -1.20. The fourth-order valence-electron chi connectivity index (χ4n) is 5.33. The summed E-state index contributed by atoms with van der Waals surface area (Å²) in [4.78, 5) is 54.9. The van der Waals surface area contributed by atoms with Crippen LogP contribution in [0, 0.1) is 12.8 Å². The van der Waals surface area contributed by atoms with Crippen LogP contribution in [0.4, 0.5) is 5.69 Å². The zero-order valence-electron chi connectivity index (χ0n) is 23.5. The monoisotopic (exact) mass is 575 g/mol. The molecule has 2 unspecified atom stereocenters. The average Bonchev–Trinajstić information content (AvgIpc) is 3.20. The lowest BCUT2D eigenvalue weighted by atomic mass is 10.0. The van der Waals surface area contributed by atoms with Crippen LogP contribution in [0.5, 0.6) is 0 Å². The van der Waals surface area contributed by atoms with E-state index in [1.54, 1.807) is 59.2 Å². The van der Waals surface area contributed by atoms with E-state index in [0.717, 1.165) is 5.56 Å². The van der Waals surface area contributed by atoms with Gasteiger partial charge in [0.25, 0.3) is 11.8 Å². The number of benzene rings is 3. The summed E-state index contributed by atoms with van der Waals surface area (Å²) < 4.78 is 0. The Morgan fingerprint density at radius 2 is 1.63 bits per heavy atom. The summed E-state index contributed by atoms with van der Waals surface area (Å²) in [5.74, 6) is -1.90. The number of carboxylic acid groups (broad SMARTS) is 1. The Kier molecular flexibility index (Phi) is 9.13. The molecule has 2 N–H and O–H groups in total. The molecule has 214 valence electrons. The largest absolute Gasteiger partial charge is 0.480 e. The Bertz CT molecular complexity index is 1420. The SMILES string of the molecule is CC(=O)N1C(c2ccccc2)N(c2ccc(CC(NC(=O)c3c(C)cccc3Cl)C(=O)O)cc2)C(=O)[C@H]1CC(C)C. The summed E-state index contributed by atoms with van der Waals surface area (Å²) in [5, 5.41) is 12.7. The standard InChI is InChI=1S/C32H34ClN3O5/c1-19(2)17-27-31(39)36(30(35(27)21(4)37)23-10-6-5-7-11-23)24-15-13-22(14-16-24)18-26(32(40)41)34-29(38)28-20(3)9-8-12-25(28)33/h5-16,19,26-27,30H,17-18H2,1-4H3,(H,34,38)(H,40,41)/t26?,27-,30?/m1/s1. The van der Waals surface area contributed by atoms with Gasteiger partial charge in [-0.1, -0.05) is 80.0 Å². The van der Waals surface area contributed by atoms with E-state index >= 15 is 0 Å². The number of anilines is 1. The third kappa shape index (κ3) is 6.43. The van der Waals surface area contributed by atoms with Crippen molar-refractivity contribution < 1.29 is 24.3 Å². The first-order valence-electron chi connectivity index (χ1n) is 13.5. The van der Waals surface area contributed by atoms with E-state index in [-0.39, 0.29) is 34.7 Å². The first-order chi connectivity index (χ1) is 19.5. The van der Waals surface area contributed by atoms with Crippen LogP contribution in [-0.2, 0) is 20.8 Å². The van der Waals surface area contributed by atoms with Crippen LogP contribution in [0.3, 0.4) is 0 Å². The Hall–Kier alpha value is -4.17. The predicted molar refractivity (Wildman–Crippen MR) is 158 cm³/mol. The minimum Gasteiger partial charge on any atom is -0.480 e. The van der Waals surface area contributed by atoms with E-state index in [1.807, 2.05) is 44.2 Å². The summed E-state index contributed by atoms with van der Waals surface area (Å²) in [6.45, 7) is 7.25. The number of hydrogen-bond acceptors (Lipinski definition) is 4.